The molecule has 2 aromatic heterocycles. The van der Waals surface area contributed by atoms with Crippen LogP contribution in [-0.2, 0) is 4.74 Å². The van der Waals surface area contributed by atoms with E-state index < -0.39 is 0 Å². The lowest BCUT2D eigenvalue weighted by Crippen LogP contribution is -2.01. The Bertz CT molecular complexity index is 539. The van der Waals surface area contributed by atoms with Crippen LogP contribution in [0.25, 0.3) is 10.6 Å². The highest BCUT2D eigenvalue weighted by molar-refractivity contribution is 7.17. The molecule has 0 fully saturated rings. The Hall–Kier alpha value is -1.39. The lowest BCUT2D eigenvalue weighted by atomic mass is 10.3. The van der Waals surface area contributed by atoms with Crippen molar-refractivity contribution in [1.29, 1.82) is 0 Å². The number of carbonyl (C=O) groups is 1. The van der Waals surface area contributed by atoms with Crippen LogP contribution in [-0.4, -0.2) is 17.6 Å². The predicted molar refractivity (Wildman–Crippen MR) is 68.5 cm³/mol. The molecule has 0 aliphatic carbocycles. The molecule has 0 spiro atoms. The molecule has 3 nitrogen and oxygen atoms in total. The zero-order valence-electron chi connectivity index (χ0n) is 9.14. The number of halogens is 1. The minimum absolute atomic E-state index is 0.300. The molecule has 0 aliphatic rings. The molecular formula is C12H10ClNO2S. The molecule has 0 aliphatic heterocycles. The van der Waals surface area contributed by atoms with E-state index in [1.54, 1.807) is 19.1 Å². The number of hydrogen-bond acceptors (Lipinski definition) is 4. The fourth-order valence-electron chi connectivity index (χ4n) is 1.33. The molecule has 0 saturated heterocycles. The van der Waals surface area contributed by atoms with Crippen LogP contribution in [0, 0.1) is 0 Å². The standard InChI is InChI=1S/C12H10ClNO2S/c1-2-16-12(15)10-7-6-9(17-10)8-4-3-5-11(13)14-8/h3-7H,2H2,1H3. The second kappa shape index (κ2) is 5.29. The van der Waals surface area contributed by atoms with Gasteiger partial charge in [-0.25, -0.2) is 9.78 Å². The van der Waals surface area contributed by atoms with Crippen LogP contribution >= 0.6 is 22.9 Å². The molecule has 2 heterocycles. The van der Waals surface area contributed by atoms with E-state index in [0.29, 0.717) is 16.6 Å². The predicted octanol–water partition coefficient (Wildman–Crippen LogP) is 3.64. The monoisotopic (exact) mass is 267 g/mol. The second-order valence-corrected chi connectivity index (χ2v) is 4.70. The second-order valence-electron chi connectivity index (χ2n) is 3.23. The Kier molecular flexibility index (Phi) is 3.76. The van der Waals surface area contributed by atoms with Gasteiger partial charge in [0.05, 0.1) is 17.2 Å². The maximum absolute atomic E-state index is 11.5. The highest BCUT2D eigenvalue weighted by Crippen LogP contribution is 2.27. The van der Waals surface area contributed by atoms with Gasteiger partial charge in [-0.05, 0) is 31.2 Å². The van der Waals surface area contributed by atoms with E-state index in [2.05, 4.69) is 4.98 Å². The van der Waals surface area contributed by atoms with Gasteiger partial charge in [0.2, 0.25) is 0 Å². The van der Waals surface area contributed by atoms with Crippen molar-refractivity contribution in [1.82, 2.24) is 4.98 Å². The number of ether oxygens (including phenoxy) is 1. The molecule has 0 amide bonds. The molecule has 5 heteroatoms. The highest BCUT2D eigenvalue weighted by atomic mass is 35.5. The van der Waals surface area contributed by atoms with Gasteiger partial charge in [-0.15, -0.1) is 11.3 Å². The van der Waals surface area contributed by atoms with Crippen molar-refractivity contribution in [3.05, 3.63) is 40.4 Å². The molecule has 88 valence electrons. The maximum atomic E-state index is 11.5. The van der Waals surface area contributed by atoms with Crippen LogP contribution in [0.2, 0.25) is 5.15 Å². The van der Waals surface area contributed by atoms with Gasteiger partial charge in [-0.3, -0.25) is 0 Å². The summed E-state index contributed by atoms with van der Waals surface area (Å²) in [7, 11) is 0. The third-order valence-corrected chi connectivity index (χ3v) is 3.35. The Balaban J connectivity index is 2.27. The number of nitrogens with zero attached hydrogens (tertiary/aromatic N) is 1. The number of aromatic nitrogens is 1. The van der Waals surface area contributed by atoms with Gasteiger partial charge in [0.25, 0.3) is 0 Å². The summed E-state index contributed by atoms with van der Waals surface area (Å²) in [6.07, 6.45) is 0. The summed E-state index contributed by atoms with van der Waals surface area (Å²) in [6, 6.07) is 8.97. The van der Waals surface area contributed by atoms with Gasteiger partial charge in [0.15, 0.2) is 0 Å². The van der Waals surface area contributed by atoms with E-state index in [4.69, 9.17) is 16.3 Å². The van der Waals surface area contributed by atoms with Crippen LogP contribution in [0.3, 0.4) is 0 Å². The number of carbonyl (C=O) groups excluding carboxylic acids is 1. The number of hydrogen-bond donors (Lipinski definition) is 0. The van der Waals surface area contributed by atoms with Gasteiger partial charge in [-0.2, -0.15) is 0 Å². The van der Waals surface area contributed by atoms with E-state index >= 15 is 0 Å². The van der Waals surface area contributed by atoms with Gasteiger partial charge in [0, 0.05) is 0 Å². The number of pyridine rings is 1. The van der Waals surface area contributed by atoms with E-state index in [9.17, 15) is 4.79 Å². The van der Waals surface area contributed by atoms with Crippen molar-refractivity contribution in [3.8, 4) is 10.6 Å². The summed E-state index contributed by atoms with van der Waals surface area (Å²) >= 11 is 7.16. The molecule has 0 atom stereocenters. The Morgan fingerprint density at radius 1 is 1.41 bits per heavy atom. The third kappa shape index (κ3) is 2.84. The van der Waals surface area contributed by atoms with Crippen molar-refractivity contribution in [2.45, 2.75) is 6.92 Å². The summed E-state index contributed by atoms with van der Waals surface area (Å²) in [6.45, 7) is 2.16. The Morgan fingerprint density at radius 2 is 2.24 bits per heavy atom. The summed E-state index contributed by atoms with van der Waals surface area (Å²) in [5.41, 5.74) is 0.762. The first-order valence-corrected chi connectivity index (χ1v) is 6.30. The summed E-state index contributed by atoms with van der Waals surface area (Å²) in [5.74, 6) is -0.300. The Labute approximate surface area is 108 Å². The van der Waals surface area contributed by atoms with E-state index in [1.165, 1.54) is 11.3 Å². The summed E-state index contributed by atoms with van der Waals surface area (Å²) in [4.78, 5) is 17.2. The van der Waals surface area contributed by atoms with Gasteiger partial charge >= 0.3 is 5.97 Å². The van der Waals surface area contributed by atoms with Gasteiger partial charge in [0.1, 0.15) is 10.0 Å². The topological polar surface area (TPSA) is 39.2 Å². The first kappa shape index (κ1) is 12.1. The number of rotatable bonds is 3. The van der Waals surface area contributed by atoms with Crippen LogP contribution in [0.5, 0.6) is 0 Å². The van der Waals surface area contributed by atoms with Crippen molar-refractivity contribution in [2.75, 3.05) is 6.61 Å². The number of esters is 1. The average Bonchev–Trinajstić information content (AvgIpc) is 2.78. The van der Waals surface area contributed by atoms with Crippen LogP contribution in [0.1, 0.15) is 16.6 Å². The zero-order chi connectivity index (χ0) is 12.3. The smallest absolute Gasteiger partial charge is 0.348 e. The molecule has 0 saturated carbocycles. The van der Waals surface area contributed by atoms with Crippen molar-refractivity contribution in [3.63, 3.8) is 0 Å². The van der Waals surface area contributed by atoms with Crippen molar-refractivity contribution < 1.29 is 9.53 Å². The first-order valence-electron chi connectivity index (χ1n) is 5.10. The lowest BCUT2D eigenvalue weighted by Gasteiger charge is -1.98. The molecule has 0 bridgehead atoms. The van der Waals surface area contributed by atoms with Crippen molar-refractivity contribution in [2.24, 2.45) is 0 Å². The molecule has 0 unspecified atom stereocenters. The van der Waals surface area contributed by atoms with E-state index in [-0.39, 0.29) is 5.97 Å². The van der Waals surface area contributed by atoms with Gasteiger partial charge in [-0.1, -0.05) is 17.7 Å². The third-order valence-electron chi connectivity index (χ3n) is 2.05. The van der Waals surface area contributed by atoms with E-state index in [0.717, 1.165) is 10.6 Å². The minimum Gasteiger partial charge on any atom is -0.462 e. The van der Waals surface area contributed by atoms with Crippen LogP contribution in [0.15, 0.2) is 30.3 Å². The molecule has 17 heavy (non-hydrogen) atoms. The first-order chi connectivity index (χ1) is 8.20. The van der Waals surface area contributed by atoms with Gasteiger partial charge < -0.3 is 4.74 Å². The zero-order valence-corrected chi connectivity index (χ0v) is 10.7. The molecule has 0 N–H and O–H groups in total. The number of thiophene rings is 1. The molecule has 2 rings (SSSR count). The maximum Gasteiger partial charge on any atom is 0.348 e. The average molecular weight is 268 g/mol. The molecular weight excluding hydrogens is 258 g/mol. The Morgan fingerprint density at radius 3 is 2.94 bits per heavy atom. The fraction of sp³-hybridized carbons (Fsp3) is 0.167. The minimum atomic E-state index is -0.300. The highest BCUT2D eigenvalue weighted by Gasteiger charge is 2.11. The fourth-order valence-corrected chi connectivity index (χ4v) is 2.37. The summed E-state index contributed by atoms with van der Waals surface area (Å²) in [5, 5.41) is 0.439. The van der Waals surface area contributed by atoms with Crippen LogP contribution < -0.4 is 0 Å². The van der Waals surface area contributed by atoms with Crippen molar-refractivity contribution >= 4 is 28.9 Å². The normalized spacial score (nSPS) is 10.2. The lowest BCUT2D eigenvalue weighted by molar-refractivity contribution is 0.0532. The largest absolute Gasteiger partial charge is 0.462 e. The molecule has 0 aromatic carbocycles. The van der Waals surface area contributed by atoms with Crippen LogP contribution in [0.4, 0.5) is 0 Å². The molecule has 2 aromatic rings. The molecule has 0 radical (unpaired) electrons. The van der Waals surface area contributed by atoms with E-state index in [1.807, 2.05) is 18.2 Å². The summed E-state index contributed by atoms with van der Waals surface area (Å²) < 4.78 is 4.93. The SMILES string of the molecule is CCOC(=O)c1ccc(-c2cccc(Cl)n2)s1. The quantitative estimate of drug-likeness (QED) is 0.630.